The average molecular weight is 308 g/mol. The van der Waals surface area contributed by atoms with Gasteiger partial charge < -0.3 is 14.2 Å². The van der Waals surface area contributed by atoms with Crippen molar-refractivity contribution in [3.63, 3.8) is 0 Å². The number of hydrogen-bond acceptors (Lipinski definition) is 5. The molecule has 0 aliphatic heterocycles. The van der Waals surface area contributed by atoms with Crippen LogP contribution < -0.4 is 4.74 Å². The summed E-state index contributed by atoms with van der Waals surface area (Å²) >= 11 is 0. The fourth-order valence-electron chi connectivity index (χ4n) is 2.02. The third-order valence-corrected chi connectivity index (χ3v) is 3.05. The van der Waals surface area contributed by atoms with Gasteiger partial charge in [0.05, 0.1) is 30.9 Å². The van der Waals surface area contributed by atoms with Gasteiger partial charge in [-0.3, -0.25) is 0 Å². The number of hydrogen-bond donors (Lipinski definition) is 0. The zero-order chi connectivity index (χ0) is 16.5. The standard InChI is InChI=1S/C17H24O5/c1-5-8-9-22-13-10-12(4)15(17(19)21-7-3)14(11-13)16(18)20-6-2/h10-11H,5-9H2,1-4H3. The Balaban J connectivity index is 3.18. The van der Waals surface area contributed by atoms with Crippen LogP contribution in [0.3, 0.4) is 0 Å². The summed E-state index contributed by atoms with van der Waals surface area (Å²) in [7, 11) is 0. The summed E-state index contributed by atoms with van der Waals surface area (Å²) in [6, 6.07) is 3.29. The lowest BCUT2D eigenvalue weighted by Gasteiger charge is -2.14. The van der Waals surface area contributed by atoms with E-state index in [2.05, 4.69) is 6.92 Å². The fraction of sp³-hybridized carbons (Fsp3) is 0.529. The molecule has 1 rings (SSSR count). The summed E-state index contributed by atoms with van der Waals surface area (Å²) in [6.45, 7) is 8.31. The summed E-state index contributed by atoms with van der Waals surface area (Å²) in [4.78, 5) is 24.2. The molecular weight excluding hydrogens is 284 g/mol. The van der Waals surface area contributed by atoms with E-state index in [1.807, 2.05) is 0 Å². The van der Waals surface area contributed by atoms with Gasteiger partial charge in [-0.25, -0.2) is 9.59 Å². The molecule has 5 heteroatoms. The number of aryl methyl sites for hydroxylation is 1. The maximum Gasteiger partial charge on any atom is 0.339 e. The molecule has 0 atom stereocenters. The summed E-state index contributed by atoms with van der Waals surface area (Å²) in [5.41, 5.74) is 1.06. The minimum Gasteiger partial charge on any atom is -0.494 e. The molecule has 0 bridgehead atoms. The number of benzene rings is 1. The van der Waals surface area contributed by atoms with Gasteiger partial charge >= 0.3 is 11.9 Å². The van der Waals surface area contributed by atoms with Crippen LogP contribution >= 0.6 is 0 Å². The van der Waals surface area contributed by atoms with E-state index in [0.29, 0.717) is 17.9 Å². The predicted molar refractivity (Wildman–Crippen MR) is 83.5 cm³/mol. The van der Waals surface area contributed by atoms with E-state index in [4.69, 9.17) is 14.2 Å². The number of ether oxygens (including phenoxy) is 3. The molecule has 22 heavy (non-hydrogen) atoms. The first-order valence-corrected chi connectivity index (χ1v) is 7.66. The maximum atomic E-state index is 12.1. The molecule has 0 aliphatic carbocycles. The lowest BCUT2D eigenvalue weighted by Crippen LogP contribution is -2.16. The molecule has 0 spiro atoms. The zero-order valence-corrected chi connectivity index (χ0v) is 13.7. The first-order chi connectivity index (χ1) is 10.5. The van der Waals surface area contributed by atoms with Crippen LogP contribution in [-0.4, -0.2) is 31.8 Å². The summed E-state index contributed by atoms with van der Waals surface area (Å²) < 4.78 is 15.7. The Hall–Kier alpha value is -2.04. The Kier molecular flexibility index (Phi) is 7.43. The number of esters is 2. The Morgan fingerprint density at radius 2 is 1.64 bits per heavy atom. The molecule has 122 valence electrons. The molecule has 0 amide bonds. The van der Waals surface area contributed by atoms with Gasteiger partial charge in [-0.2, -0.15) is 0 Å². The third kappa shape index (κ3) is 4.76. The monoisotopic (exact) mass is 308 g/mol. The molecule has 0 heterocycles. The van der Waals surface area contributed by atoms with Crippen LogP contribution in [0.2, 0.25) is 0 Å². The number of unbranched alkanes of at least 4 members (excludes halogenated alkanes) is 1. The highest BCUT2D eigenvalue weighted by Gasteiger charge is 2.23. The maximum absolute atomic E-state index is 12.1. The van der Waals surface area contributed by atoms with Crippen molar-refractivity contribution >= 4 is 11.9 Å². The SMILES string of the molecule is CCCCOc1cc(C)c(C(=O)OCC)c(C(=O)OCC)c1. The Bertz CT molecular complexity index is 522. The van der Waals surface area contributed by atoms with Crippen molar-refractivity contribution in [3.8, 4) is 5.75 Å². The molecule has 1 aromatic rings. The van der Waals surface area contributed by atoms with E-state index in [0.717, 1.165) is 12.8 Å². The average Bonchev–Trinajstić information content (AvgIpc) is 2.47. The van der Waals surface area contributed by atoms with Crippen molar-refractivity contribution in [2.75, 3.05) is 19.8 Å². The Morgan fingerprint density at radius 3 is 2.23 bits per heavy atom. The fourth-order valence-corrected chi connectivity index (χ4v) is 2.02. The molecule has 1 aromatic carbocycles. The van der Waals surface area contributed by atoms with Gasteiger partial charge in [0.25, 0.3) is 0 Å². The molecule has 5 nitrogen and oxygen atoms in total. The lowest BCUT2D eigenvalue weighted by molar-refractivity contribution is 0.0477. The quantitative estimate of drug-likeness (QED) is 0.543. The van der Waals surface area contributed by atoms with Gasteiger partial charge in [0.15, 0.2) is 0 Å². The van der Waals surface area contributed by atoms with Crippen LogP contribution in [0.15, 0.2) is 12.1 Å². The van der Waals surface area contributed by atoms with Crippen LogP contribution in [-0.2, 0) is 9.47 Å². The molecule has 0 unspecified atom stereocenters. The van der Waals surface area contributed by atoms with Gasteiger partial charge in [-0.15, -0.1) is 0 Å². The number of rotatable bonds is 8. The number of carbonyl (C=O) groups is 2. The van der Waals surface area contributed by atoms with Crippen molar-refractivity contribution in [2.45, 2.75) is 40.5 Å². The van der Waals surface area contributed by atoms with Crippen molar-refractivity contribution < 1.29 is 23.8 Å². The third-order valence-electron chi connectivity index (χ3n) is 3.05. The van der Waals surface area contributed by atoms with E-state index in [-0.39, 0.29) is 24.3 Å². The van der Waals surface area contributed by atoms with Crippen LogP contribution in [0.1, 0.15) is 59.9 Å². The highest BCUT2D eigenvalue weighted by Crippen LogP contribution is 2.24. The second kappa shape index (κ2) is 9.07. The largest absolute Gasteiger partial charge is 0.494 e. The minimum atomic E-state index is -0.547. The smallest absolute Gasteiger partial charge is 0.339 e. The molecule has 0 fully saturated rings. The molecule has 0 aliphatic rings. The van der Waals surface area contributed by atoms with Crippen LogP contribution in [0, 0.1) is 6.92 Å². The lowest BCUT2D eigenvalue weighted by atomic mass is 10.0. The molecule has 0 N–H and O–H groups in total. The molecule has 0 radical (unpaired) electrons. The second-order valence-corrected chi connectivity index (χ2v) is 4.81. The highest BCUT2D eigenvalue weighted by atomic mass is 16.5. The van der Waals surface area contributed by atoms with Gasteiger partial charge in [-0.05, 0) is 44.9 Å². The Morgan fingerprint density at radius 1 is 1.00 bits per heavy atom. The van der Waals surface area contributed by atoms with Gasteiger partial charge in [0.2, 0.25) is 0 Å². The number of carbonyl (C=O) groups excluding carboxylic acids is 2. The van der Waals surface area contributed by atoms with Crippen molar-refractivity contribution in [1.82, 2.24) is 0 Å². The Labute approximate surface area is 131 Å². The second-order valence-electron chi connectivity index (χ2n) is 4.81. The normalized spacial score (nSPS) is 10.2. The summed E-state index contributed by atoms with van der Waals surface area (Å²) in [6.07, 6.45) is 1.94. The minimum absolute atomic E-state index is 0.187. The van der Waals surface area contributed by atoms with E-state index in [9.17, 15) is 9.59 Å². The molecular formula is C17H24O5. The van der Waals surface area contributed by atoms with E-state index >= 15 is 0 Å². The van der Waals surface area contributed by atoms with Gasteiger partial charge in [0.1, 0.15) is 5.75 Å². The summed E-state index contributed by atoms with van der Waals surface area (Å²) in [5, 5.41) is 0. The van der Waals surface area contributed by atoms with Crippen molar-refractivity contribution in [2.24, 2.45) is 0 Å². The first kappa shape index (κ1) is 18.0. The topological polar surface area (TPSA) is 61.8 Å². The molecule has 0 aromatic heterocycles. The van der Waals surface area contributed by atoms with E-state index in [1.54, 1.807) is 32.9 Å². The van der Waals surface area contributed by atoms with Crippen molar-refractivity contribution in [3.05, 3.63) is 28.8 Å². The predicted octanol–water partition coefficient (Wildman–Crippen LogP) is 3.53. The molecule has 0 saturated heterocycles. The van der Waals surface area contributed by atoms with Crippen LogP contribution in [0.4, 0.5) is 0 Å². The van der Waals surface area contributed by atoms with Crippen LogP contribution in [0.5, 0.6) is 5.75 Å². The summed E-state index contributed by atoms with van der Waals surface area (Å²) in [5.74, 6) is -0.514. The van der Waals surface area contributed by atoms with Crippen LogP contribution in [0.25, 0.3) is 0 Å². The van der Waals surface area contributed by atoms with Gasteiger partial charge in [-0.1, -0.05) is 13.3 Å². The van der Waals surface area contributed by atoms with Gasteiger partial charge in [0, 0.05) is 0 Å². The highest BCUT2D eigenvalue weighted by molar-refractivity contribution is 6.04. The first-order valence-electron chi connectivity index (χ1n) is 7.66. The van der Waals surface area contributed by atoms with E-state index in [1.165, 1.54) is 0 Å². The molecule has 0 saturated carbocycles. The zero-order valence-electron chi connectivity index (χ0n) is 13.7. The van der Waals surface area contributed by atoms with E-state index < -0.39 is 11.9 Å². The van der Waals surface area contributed by atoms with Crippen molar-refractivity contribution in [1.29, 1.82) is 0 Å².